The van der Waals surface area contributed by atoms with E-state index in [1.54, 1.807) is 0 Å². The molecule has 3 rings (SSSR count). The molecule has 0 unspecified atom stereocenters. The fraction of sp³-hybridized carbons (Fsp3) is 0.375. The third-order valence-corrected chi connectivity index (χ3v) is 3.71. The summed E-state index contributed by atoms with van der Waals surface area (Å²) in [6.45, 7) is 5.17. The predicted molar refractivity (Wildman–Crippen MR) is 80.9 cm³/mol. The molecule has 0 aliphatic rings. The minimum atomic E-state index is 0.335. The van der Waals surface area contributed by atoms with Gasteiger partial charge in [-0.3, -0.25) is 4.68 Å². The maximum Gasteiger partial charge on any atom is 0.176 e. The number of rotatable bonds is 6. The predicted octanol–water partition coefficient (Wildman–Crippen LogP) is 3.55. The average molecular weight is 284 g/mol. The van der Waals surface area contributed by atoms with E-state index in [1.807, 2.05) is 47.7 Å². The topological polar surface area (TPSA) is 48.8 Å². The normalized spacial score (nSPS) is 12.7. The van der Waals surface area contributed by atoms with Gasteiger partial charge in [-0.05, 0) is 31.5 Å². The first-order valence-corrected chi connectivity index (χ1v) is 7.37. The second-order valence-electron chi connectivity index (χ2n) is 5.18. The molecule has 110 valence electrons. The lowest BCUT2D eigenvalue weighted by molar-refractivity contribution is 0.443. The van der Waals surface area contributed by atoms with Crippen molar-refractivity contribution < 1.29 is 4.42 Å². The Morgan fingerprint density at radius 3 is 2.86 bits per heavy atom. The molecule has 21 heavy (non-hydrogen) atoms. The maximum atomic E-state index is 5.82. The number of hydrogen-bond acceptors (Lipinski definition) is 3. The molecule has 0 saturated carbocycles. The SMILES string of the molecule is CCc1ccc(-c2nccn2[C@H](C)CCn2cccn2)o1. The Bertz CT molecular complexity index is 681. The Morgan fingerprint density at radius 2 is 2.14 bits per heavy atom. The van der Waals surface area contributed by atoms with Crippen molar-refractivity contribution in [3.8, 4) is 11.6 Å². The molecule has 5 nitrogen and oxygen atoms in total. The highest BCUT2D eigenvalue weighted by atomic mass is 16.3. The van der Waals surface area contributed by atoms with Gasteiger partial charge in [0.2, 0.25) is 0 Å². The summed E-state index contributed by atoms with van der Waals surface area (Å²) < 4.78 is 9.94. The number of nitrogens with zero attached hydrogens (tertiary/aromatic N) is 4. The van der Waals surface area contributed by atoms with Crippen molar-refractivity contribution in [2.75, 3.05) is 0 Å². The van der Waals surface area contributed by atoms with Gasteiger partial charge in [0.1, 0.15) is 5.76 Å². The van der Waals surface area contributed by atoms with Gasteiger partial charge in [-0.25, -0.2) is 4.98 Å². The van der Waals surface area contributed by atoms with E-state index >= 15 is 0 Å². The van der Waals surface area contributed by atoms with Crippen LogP contribution in [0.25, 0.3) is 11.6 Å². The van der Waals surface area contributed by atoms with E-state index in [0.29, 0.717) is 6.04 Å². The van der Waals surface area contributed by atoms with Crippen LogP contribution in [0.2, 0.25) is 0 Å². The van der Waals surface area contributed by atoms with Crippen molar-refractivity contribution in [3.63, 3.8) is 0 Å². The first-order valence-electron chi connectivity index (χ1n) is 7.37. The molecule has 3 aromatic heterocycles. The van der Waals surface area contributed by atoms with Gasteiger partial charge in [-0.15, -0.1) is 0 Å². The van der Waals surface area contributed by atoms with Crippen molar-refractivity contribution >= 4 is 0 Å². The molecule has 0 aliphatic heterocycles. The van der Waals surface area contributed by atoms with Gasteiger partial charge in [0.25, 0.3) is 0 Å². The van der Waals surface area contributed by atoms with E-state index in [1.165, 1.54) is 0 Å². The summed E-state index contributed by atoms with van der Waals surface area (Å²) in [5, 5.41) is 4.24. The molecule has 0 fully saturated rings. The van der Waals surface area contributed by atoms with Crippen LogP contribution in [-0.4, -0.2) is 19.3 Å². The minimum Gasteiger partial charge on any atom is -0.458 e. The summed E-state index contributed by atoms with van der Waals surface area (Å²) in [6.07, 6.45) is 9.52. The second-order valence-corrected chi connectivity index (χ2v) is 5.18. The molecule has 0 aromatic carbocycles. The van der Waals surface area contributed by atoms with Crippen molar-refractivity contribution in [1.29, 1.82) is 0 Å². The van der Waals surface area contributed by atoms with Crippen LogP contribution in [0.1, 0.15) is 32.1 Å². The highest BCUT2D eigenvalue weighted by molar-refractivity contribution is 5.48. The van der Waals surface area contributed by atoms with E-state index in [0.717, 1.165) is 36.7 Å². The molecule has 0 radical (unpaired) electrons. The zero-order valence-electron chi connectivity index (χ0n) is 12.4. The molecule has 0 amide bonds. The molecule has 0 bridgehead atoms. The van der Waals surface area contributed by atoms with E-state index in [9.17, 15) is 0 Å². The Labute approximate surface area is 124 Å². The molecule has 3 aromatic rings. The largest absolute Gasteiger partial charge is 0.458 e. The monoisotopic (exact) mass is 284 g/mol. The number of hydrogen-bond donors (Lipinski definition) is 0. The number of furan rings is 1. The van der Waals surface area contributed by atoms with Crippen LogP contribution >= 0.6 is 0 Å². The van der Waals surface area contributed by atoms with Gasteiger partial charge >= 0.3 is 0 Å². The highest BCUT2D eigenvalue weighted by Crippen LogP contribution is 2.25. The van der Waals surface area contributed by atoms with Crippen molar-refractivity contribution in [2.45, 2.75) is 39.3 Å². The van der Waals surface area contributed by atoms with Gasteiger partial charge in [0, 0.05) is 43.8 Å². The molecule has 0 N–H and O–H groups in total. The molecule has 3 heterocycles. The van der Waals surface area contributed by atoms with E-state index in [-0.39, 0.29) is 0 Å². The van der Waals surface area contributed by atoms with Gasteiger partial charge < -0.3 is 8.98 Å². The third kappa shape index (κ3) is 2.91. The zero-order chi connectivity index (χ0) is 14.7. The molecular weight excluding hydrogens is 264 g/mol. The summed E-state index contributed by atoms with van der Waals surface area (Å²) in [4.78, 5) is 4.45. The van der Waals surface area contributed by atoms with Crippen LogP contribution in [0.15, 0.2) is 47.4 Å². The summed E-state index contributed by atoms with van der Waals surface area (Å²) in [5.74, 6) is 2.72. The fourth-order valence-corrected chi connectivity index (χ4v) is 2.44. The molecular formula is C16H20N4O. The van der Waals surface area contributed by atoms with Crippen molar-refractivity contribution in [1.82, 2.24) is 19.3 Å². The maximum absolute atomic E-state index is 5.82. The van der Waals surface area contributed by atoms with Gasteiger partial charge in [0.05, 0.1) is 0 Å². The first-order chi connectivity index (χ1) is 10.3. The summed E-state index contributed by atoms with van der Waals surface area (Å²) in [6, 6.07) is 6.30. The van der Waals surface area contributed by atoms with Crippen LogP contribution in [-0.2, 0) is 13.0 Å². The lowest BCUT2D eigenvalue weighted by Crippen LogP contribution is -2.10. The van der Waals surface area contributed by atoms with Gasteiger partial charge in [0.15, 0.2) is 11.6 Å². The Kier molecular flexibility index (Phi) is 3.90. The summed E-state index contributed by atoms with van der Waals surface area (Å²) in [5.41, 5.74) is 0. The average Bonchev–Trinajstić information content (AvgIpc) is 3.23. The van der Waals surface area contributed by atoms with E-state index < -0.39 is 0 Å². The van der Waals surface area contributed by atoms with Crippen molar-refractivity contribution in [2.24, 2.45) is 0 Å². The van der Waals surface area contributed by atoms with E-state index in [4.69, 9.17) is 4.42 Å². The molecule has 0 saturated heterocycles. The Hall–Kier alpha value is -2.30. The Balaban J connectivity index is 1.74. The molecule has 0 aliphatic carbocycles. The fourth-order valence-electron chi connectivity index (χ4n) is 2.44. The van der Waals surface area contributed by atoms with Crippen LogP contribution in [0.3, 0.4) is 0 Å². The first kappa shape index (κ1) is 13.7. The molecule has 0 spiro atoms. The van der Waals surface area contributed by atoms with Crippen molar-refractivity contribution in [3.05, 3.63) is 48.7 Å². The van der Waals surface area contributed by atoms with Crippen LogP contribution < -0.4 is 0 Å². The highest BCUT2D eigenvalue weighted by Gasteiger charge is 2.14. The number of imidazole rings is 1. The second kappa shape index (κ2) is 5.99. The number of aromatic nitrogens is 4. The Morgan fingerprint density at radius 1 is 1.24 bits per heavy atom. The van der Waals surface area contributed by atoms with Gasteiger partial charge in [-0.1, -0.05) is 6.92 Å². The zero-order valence-corrected chi connectivity index (χ0v) is 12.4. The minimum absolute atomic E-state index is 0.335. The lowest BCUT2D eigenvalue weighted by atomic mass is 10.2. The molecule has 5 heteroatoms. The van der Waals surface area contributed by atoms with Gasteiger partial charge in [-0.2, -0.15) is 5.10 Å². The van der Waals surface area contributed by atoms with E-state index in [2.05, 4.69) is 28.5 Å². The number of aryl methyl sites for hydroxylation is 2. The standard InChI is InChI=1S/C16H20N4O/c1-3-14-5-6-15(21-14)16-17-9-12-20(16)13(2)7-11-19-10-4-8-18-19/h4-6,8-10,12-13H,3,7,11H2,1-2H3/t13-/m1/s1. The lowest BCUT2D eigenvalue weighted by Gasteiger charge is -2.15. The molecule has 1 atom stereocenters. The summed E-state index contributed by atoms with van der Waals surface area (Å²) in [7, 11) is 0. The van der Waals surface area contributed by atoms with Crippen LogP contribution in [0, 0.1) is 0 Å². The third-order valence-electron chi connectivity index (χ3n) is 3.71. The quantitative estimate of drug-likeness (QED) is 0.695. The van der Waals surface area contributed by atoms with Crippen LogP contribution in [0.5, 0.6) is 0 Å². The summed E-state index contributed by atoms with van der Waals surface area (Å²) >= 11 is 0. The smallest absolute Gasteiger partial charge is 0.176 e. The van der Waals surface area contributed by atoms with Crippen LogP contribution in [0.4, 0.5) is 0 Å².